The van der Waals surface area contributed by atoms with E-state index in [1.165, 1.54) is 30.7 Å². The molecular formula is C22H26N2O6S. The van der Waals surface area contributed by atoms with Crippen LogP contribution in [0.3, 0.4) is 0 Å². The summed E-state index contributed by atoms with van der Waals surface area (Å²) in [5.41, 5.74) is 1.89. The zero-order chi connectivity index (χ0) is 22.0. The summed E-state index contributed by atoms with van der Waals surface area (Å²) in [4.78, 5) is 15.1. The summed E-state index contributed by atoms with van der Waals surface area (Å²) in [5.74, 6) is 0.560. The lowest BCUT2D eigenvalue weighted by Gasteiger charge is -2.38. The zero-order valence-electron chi connectivity index (χ0n) is 17.6. The summed E-state index contributed by atoms with van der Waals surface area (Å²) in [6.07, 6.45) is 0.332. The highest BCUT2D eigenvalue weighted by atomic mass is 32.2. The molecule has 0 unspecified atom stereocenters. The van der Waals surface area contributed by atoms with E-state index in [9.17, 15) is 13.2 Å². The van der Waals surface area contributed by atoms with Gasteiger partial charge >= 0.3 is 0 Å². The Morgan fingerprint density at radius 1 is 1.00 bits per heavy atom. The van der Waals surface area contributed by atoms with Gasteiger partial charge in [-0.25, -0.2) is 8.42 Å². The van der Waals surface area contributed by atoms with Gasteiger partial charge in [0, 0.05) is 25.7 Å². The number of amides is 1. The van der Waals surface area contributed by atoms with Crippen LogP contribution in [0, 0.1) is 0 Å². The fraction of sp³-hybridized carbons (Fsp3) is 0.409. The number of methoxy groups -OCH3 is 2. The molecule has 2 aliphatic rings. The summed E-state index contributed by atoms with van der Waals surface area (Å²) in [5, 5.41) is 0. The number of fused-ring (bicyclic) bond motifs is 1. The minimum atomic E-state index is -3.98. The van der Waals surface area contributed by atoms with Crippen LogP contribution >= 0.6 is 0 Å². The van der Waals surface area contributed by atoms with E-state index in [1.54, 1.807) is 11.0 Å². The second-order valence-corrected chi connectivity index (χ2v) is 9.38. The number of carbonyl (C=O) groups is 1. The lowest BCUT2D eigenvalue weighted by atomic mass is 9.95. The molecular weight excluding hydrogens is 420 g/mol. The summed E-state index contributed by atoms with van der Waals surface area (Å²) in [6, 6.07) is 11.3. The van der Waals surface area contributed by atoms with Gasteiger partial charge < -0.3 is 19.1 Å². The predicted octanol–water partition coefficient (Wildman–Crippen LogP) is 1.68. The number of morpholine rings is 1. The van der Waals surface area contributed by atoms with Crippen LogP contribution in [0.2, 0.25) is 0 Å². The number of carbonyl (C=O) groups excluding carboxylic acids is 1. The molecule has 0 spiro atoms. The molecule has 1 amide bonds. The van der Waals surface area contributed by atoms with Crippen molar-refractivity contribution in [3.8, 4) is 11.5 Å². The fourth-order valence-electron chi connectivity index (χ4n) is 4.07. The second-order valence-electron chi connectivity index (χ2n) is 7.49. The molecule has 0 N–H and O–H groups in total. The largest absolute Gasteiger partial charge is 0.493 e. The maximum absolute atomic E-state index is 13.7. The lowest BCUT2D eigenvalue weighted by Crippen LogP contribution is -2.55. The summed E-state index contributed by atoms with van der Waals surface area (Å²) in [7, 11) is -1.03. The van der Waals surface area contributed by atoms with Gasteiger partial charge in [-0.2, -0.15) is 4.31 Å². The lowest BCUT2D eigenvalue weighted by molar-refractivity contribution is -0.139. The van der Waals surface area contributed by atoms with E-state index < -0.39 is 16.1 Å². The molecule has 4 rings (SSSR count). The summed E-state index contributed by atoms with van der Waals surface area (Å²) >= 11 is 0. The van der Waals surface area contributed by atoms with Crippen molar-refractivity contribution in [2.45, 2.75) is 23.9 Å². The van der Waals surface area contributed by atoms with Gasteiger partial charge in [-0.15, -0.1) is 0 Å². The van der Waals surface area contributed by atoms with E-state index >= 15 is 0 Å². The van der Waals surface area contributed by atoms with Crippen LogP contribution in [-0.2, 0) is 32.5 Å². The van der Waals surface area contributed by atoms with Crippen LogP contribution in [0.4, 0.5) is 0 Å². The first-order valence-electron chi connectivity index (χ1n) is 10.1. The molecule has 1 saturated heterocycles. The topological polar surface area (TPSA) is 85.4 Å². The number of hydrogen-bond acceptors (Lipinski definition) is 6. The molecule has 2 aliphatic heterocycles. The number of nitrogens with zero attached hydrogens (tertiary/aromatic N) is 2. The molecule has 2 aromatic rings. The third kappa shape index (κ3) is 4.13. The number of ether oxygens (including phenoxy) is 3. The highest BCUT2D eigenvalue weighted by molar-refractivity contribution is 7.89. The van der Waals surface area contributed by atoms with Crippen molar-refractivity contribution in [3.63, 3.8) is 0 Å². The van der Waals surface area contributed by atoms with Crippen molar-refractivity contribution in [3.05, 3.63) is 53.6 Å². The van der Waals surface area contributed by atoms with Crippen LogP contribution < -0.4 is 9.47 Å². The van der Waals surface area contributed by atoms with Gasteiger partial charge in [0.25, 0.3) is 0 Å². The highest BCUT2D eigenvalue weighted by Gasteiger charge is 2.41. The van der Waals surface area contributed by atoms with E-state index in [2.05, 4.69) is 0 Å². The maximum Gasteiger partial charge on any atom is 0.244 e. The Morgan fingerprint density at radius 2 is 1.68 bits per heavy atom. The van der Waals surface area contributed by atoms with Gasteiger partial charge in [0.05, 0.1) is 32.3 Å². The van der Waals surface area contributed by atoms with Gasteiger partial charge in [-0.05, 0) is 29.7 Å². The SMILES string of the molecule is COc1ccc(S(=O)(=O)N2Cc3ccccc3C[C@@H]2C(=O)N2CCOCC2)cc1OC. The van der Waals surface area contributed by atoms with Gasteiger partial charge in [-0.1, -0.05) is 24.3 Å². The minimum absolute atomic E-state index is 0.0595. The standard InChI is InChI=1S/C22H26N2O6S/c1-28-20-8-7-18(14-21(20)29-2)31(26,27)24-15-17-6-4-3-5-16(17)13-19(24)22(25)23-9-11-30-12-10-23/h3-8,14,19H,9-13,15H2,1-2H3/t19-/m1/s1. The van der Waals surface area contributed by atoms with Crippen molar-refractivity contribution in [1.29, 1.82) is 0 Å². The Balaban J connectivity index is 1.74. The average Bonchev–Trinajstić information content (AvgIpc) is 2.82. The maximum atomic E-state index is 13.7. The predicted molar refractivity (Wildman–Crippen MR) is 114 cm³/mol. The van der Waals surface area contributed by atoms with Crippen LogP contribution in [0.25, 0.3) is 0 Å². The van der Waals surface area contributed by atoms with Gasteiger partial charge in [-0.3, -0.25) is 4.79 Å². The minimum Gasteiger partial charge on any atom is -0.493 e. The third-order valence-electron chi connectivity index (χ3n) is 5.77. The molecule has 166 valence electrons. The molecule has 0 saturated carbocycles. The Labute approximate surface area is 182 Å². The van der Waals surface area contributed by atoms with E-state index in [-0.39, 0.29) is 17.3 Å². The number of sulfonamides is 1. The first kappa shape index (κ1) is 21.6. The van der Waals surface area contributed by atoms with Crippen LogP contribution in [-0.4, -0.2) is 70.1 Å². The van der Waals surface area contributed by atoms with E-state index in [1.807, 2.05) is 24.3 Å². The smallest absolute Gasteiger partial charge is 0.244 e. The van der Waals surface area contributed by atoms with Crippen molar-refractivity contribution in [2.75, 3.05) is 40.5 Å². The Hall–Kier alpha value is -2.62. The Bertz CT molecular complexity index is 1070. The van der Waals surface area contributed by atoms with E-state index in [0.717, 1.165) is 11.1 Å². The Morgan fingerprint density at radius 3 is 2.35 bits per heavy atom. The Kier molecular flexibility index (Phi) is 6.17. The number of hydrogen-bond donors (Lipinski definition) is 0. The van der Waals surface area contributed by atoms with Gasteiger partial charge in [0.2, 0.25) is 15.9 Å². The second kappa shape index (κ2) is 8.86. The molecule has 9 heteroatoms. The quantitative estimate of drug-likeness (QED) is 0.695. The van der Waals surface area contributed by atoms with Crippen molar-refractivity contribution >= 4 is 15.9 Å². The molecule has 0 radical (unpaired) electrons. The van der Waals surface area contributed by atoms with E-state index in [4.69, 9.17) is 14.2 Å². The highest BCUT2D eigenvalue weighted by Crippen LogP contribution is 2.34. The molecule has 8 nitrogen and oxygen atoms in total. The molecule has 0 aliphatic carbocycles. The molecule has 2 heterocycles. The normalized spacial score (nSPS) is 19.5. The van der Waals surface area contributed by atoms with Crippen LogP contribution in [0.5, 0.6) is 11.5 Å². The number of rotatable bonds is 5. The van der Waals surface area contributed by atoms with Gasteiger partial charge in [0.15, 0.2) is 11.5 Å². The molecule has 1 fully saturated rings. The summed E-state index contributed by atoms with van der Waals surface area (Å²) < 4.78 is 44.6. The molecule has 31 heavy (non-hydrogen) atoms. The molecule has 0 aromatic heterocycles. The third-order valence-corrected chi connectivity index (χ3v) is 7.63. The fourth-order valence-corrected chi connectivity index (χ4v) is 5.64. The molecule has 2 aromatic carbocycles. The summed E-state index contributed by atoms with van der Waals surface area (Å²) in [6.45, 7) is 1.96. The van der Waals surface area contributed by atoms with Gasteiger partial charge in [0.1, 0.15) is 6.04 Å². The zero-order valence-corrected chi connectivity index (χ0v) is 18.4. The first-order chi connectivity index (χ1) is 15.0. The van der Waals surface area contributed by atoms with E-state index in [0.29, 0.717) is 44.2 Å². The van der Waals surface area contributed by atoms with Crippen LogP contribution in [0.1, 0.15) is 11.1 Å². The average molecular weight is 447 g/mol. The number of benzene rings is 2. The van der Waals surface area contributed by atoms with Crippen molar-refractivity contribution in [2.24, 2.45) is 0 Å². The van der Waals surface area contributed by atoms with Crippen molar-refractivity contribution < 1.29 is 27.4 Å². The first-order valence-corrected chi connectivity index (χ1v) is 11.6. The molecule has 0 bridgehead atoms. The van der Waals surface area contributed by atoms with Crippen LogP contribution in [0.15, 0.2) is 47.4 Å². The monoisotopic (exact) mass is 446 g/mol. The molecule has 1 atom stereocenters. The van der Waals surface area contributed by atoms with Crippen molar-refractivity contribution in [1.82, 2.24) is 9.21 Å².